The van der Waals surface area contributed by atoms with Gasteiger partial charge < -0.3 is 14.9 Å². The minimum atomic E-state index is -1.02. The predicted octanol–water partition coefficient (Wildman–Crippen LogP) is 2.46. The molecule has 0 aliphatic rings. The maximum atomic E-state index is 10.3. The first-order valence-electron chi connectivity index (χ1n) is 6.50. The van der Waals surface area contributed by atoms with E-state index >= 15 is 0 Å². The molecular formula is C15H24O3. The zero-order valence-corrected chi connectivity index (χ0v) is 11.7. The molecule has 0 radical (unpaired) electrons. The molecule has 1 aromatic carbocycles. The van der Waals surface area contributed by atoms with Gasteiger partial charge in [-0.1, -0.05) is 31.5 Å². The van der Waals surface area contributed by atoms with Gasteiger partial charge in [-0.25, -0.2) is 0 Å². The van der Waals surface area contributed by atoms with Crippen LogP contribution in [0.3, 0.4) is 0 Å². The van der Waals surface area contributed by atoms with Crippen molar-refractivity contribution >= 4 is 0 Å². The van der Waals surface area contributed by atoms with Crippen molar-refractivity contribution in [1.29, 1.82) is 0 Å². The molecule has 0 aliphatic heterocycles. The maximum Gasteiger partial charge on any atom is 0.122 e. The van der Waals surface area contributed by atoms with Crippen LogP contribution in [0.2, 0.25) is 0 Å². The summed E-state index contributed by atoms with van der Waals surface area (Å²) in [4.78, 5) is 0. The van der Waals surface area contributed by atoms with Gasteiger partial charge in [0.25, 0.3) is 0 Å². The first kappa shape index (κ1) is 15.0. The molecular weight excluding hydrogens is 228 g/mol. The molecule has 1 unspecified atom stereocenters. The van der Waals surface area contributed by atoms with Gasteiger partial charge in [0.05, 0.1) is 18.8 Å². The number of aliphatic hydroxyl groups is 2. The topological polar surface area (TPSA) is 49.7 Å². The van der Waals surface area contributed by atoms with Crippen LogP contribution in [0.1, 0.15) is 37.8 Å². The Morgan fingerprint density at radius 1 is 1.28 bits per heavy atom. The lowest BCUT2D eigenvalue weighted by Gasteiger charge is -2.31. The zero-order chi connectivity index (χ0) is 13.8. The third-order valence-electron chi connectivity index (χ3n) is 3.69. The van der Waals surface area contributed by atoms with E-state index in [0.29, 0.717) is 19.3 Å². The van der Waals surface area contributed by atoms with E-state index in [1.54, 1.807) is 7.11 Å². The molecule has 0 bridgehead atoms. The van der Waals surface area contributed by atoms with Crippen LogP contribution in [-0.2, 0) is 6.42 Å². The van der Waals surface area contributed by atoms with Gasteiger partial charge in [0.15, 0.2) is 0 Å². The van der Waals surface area contributed by atoms with E-state index in [9.17, 15) is 10.2 Å². The van der Waals surface area contributed by atoms with Crippen LogP contribution in [0.15, 0.2) is 18.2 Å². The van der Waals surface area contributed by atoms with Crippen LogP contribution in [0.5, 0.6) is 5.75 Å². The van der Waals surface area contributed by atoms with Crippen molar-refractivity contribution in [2.24, 2.45) is 0 Å². The molecule has 1 rings (SSSR count). The van der Waals surface area contributed by atoms with Gasteiger partial charge in [0.1, 0.15) is 5.75 Å². The highest BCUT2D eigenvalue weighted by Crippen LogP contribution is 2.27. The van der Waals surface area contributed by atoms with Crippen molar-refractivity contribution in [2.75, 3.05) is 7.11 Å². The molecule has 0 aromatic heterocycles. The first-order chi connectivity index (χ1) is 8.46. The lowest BCUT2D eigenvalue weighted by molar-refractivity contribution is -0.0791. The molecule has 2 N–H and O–H groups in total. The molecule has 0 amide bonds. The average molecular weight is 252 g/mol. The number of aryl methyl sites for hydroxylation is 1. The number of aliphatic hydroxyl groups excluding tert-OH is 1. The van der Waals surface area contributed by atoms with Gasteiger partial charge in [0, 0.05) is 6.42 Å². The monoisotopic (exact) mass is 252 g/mol. The van der Waals surface area contributed by atoms with E-state index in [4.69, 9.17) is 4.74 Å². The first-order valence-corrected chi connectivity index (χ1v) is 6.50. The summed E-state index contributed by atoms with van der Waals surface area (Å²) in [6.07, 6.45) is 0.712. The summed E-state index contributed by atoms with van der Waals surface area (Å²) in [7, 11) is 1.62. The normalized spacial score (nSPS) is 13.4. The molecule has 0 saturated carbocycles. The Kier molecular flexibility index (Phi) is 5.17. The summed E-state index contributed by atoms with van der Waals surface area (Å²) in [5, 5.41) is 20.5. The number of hydrogen-bond donors (Lipinski definition) is 2. The second-order valence-corrected chi connectivity index (χ2v) is 4.85. The molecule has 0 aliphatic carbocycles. The van der Waals surface area contributed by atoms with Crippen LogP contribution < -0.4 is 4.74 Å². The highest BCUT2D eigenvalue weighted by atomic mass is 16.5. The van der Waals surface area contributed by atoms with Crippen LogP contribution in [0.25, 0.3) is 0 Å². The summed E-state index contributed by atoms with van der Waals surface area (Å²) >= 11 is 0. The summed E-state index contributed by atoms with van der Waals surface area (Å²) in [5.74, 6) is 0.759. The smallest absolute Gasteiger partial charge is 0.122 e. The fourth-order valence-electron chi connectivity index (χ4n) is 2.19. The summed E-state index contributed by atoms with van der Waals surface area (Å²) in [6.45, 7) is 5.78. The van der Waals surface area contributed by atoms with Crippen molar-refractivity contribution in [3.63, 3.8) is 0 Å². The Hall–Kier alpha value is -1.06. The minimum absolute atomic E-state index is 0.406. The van der Waals surface area contributed by atoms with Gasteiger partial charge in [-0.05, 0) is 31.4 Å². The van der Waals surface area contributed by atoms with E-state index in [0.717, 1.165) is 16.9 Å². The molecule has 3 heteroatoms. The van der Waals surface area contributed by atoms with Crippen LogP contribution >= 0.6 is 0 Å². The quantitative estimate of drug-likeness (QED) is 0.817. The van der Waals surface area contributed by atoms with Gasteiger partial charge in [-0.3, -0.25) is 0 Å². The van der Waals surface area contributed by atoms with Gasteiger partial charge in [0.2, 0.25) is 0 Å². The Balaban J connectivity index is 2.93. The fourth-order valence-corrected chi connectivity index (χ4v) is 2.19. The third kappa shape index (κ3) is 3.24. The molecule has 1 atom stereocenters. The molecule has 1 aromatic rings. The maximum absolute atomic E-state index is 10.3. The molecule has 0 heterocycles. The second-order valence-electron chi connectivity index (χ2n) is 4.85. The van der Waals surface area contributed by atoms with Crippen molar-refractivity contribution in [1.82, 2.24) is 0 Å². The number of rotatable bonds is 6. The fraction of sp³-hybridized carbons (Fsp3) is 0.600. The van der Waals surface area contributed by atoms with Gasteiger partial charge in [-0.2, -0.15) is 0 Å². The van der Waals surface area contributed by atoms with Crippen molar-refractivity contribution in [3.8, 4) is 5.75 Å². The van der Waals surface area contributed by atoms with E-state index in [2.05, 4.69) is 0 Å². The SMILES string of the molecule is CCC(O)(CC)C(O)Cc1cc(C)ccc1OC. The summed E-state index contributed by atoms with van der Waals surface area (Å²) < 4.78 is 5.29. The number of ether oxygens (including phenoxy) is 1. The largest absolute Gasteiger partial charge is 0.496 e. The highest BCUT2D eigenvalue weighted by Gasteiger charge is 2.32. The van der Waals surface area contributed by atoms with Crippen LogP contribution in [-0.4, -0.2) is 29.0 Å². The second kappa shape index (κ2) is 6.21. The number of benzene rings is 1. The summed E-state index contributed by atoms with van der Waals surface area (Å²) in [5.41, 5.74) is 1.04. The van der Waals surface area contributed by atoms with Crippen LogP contribution in [0, 0.1) is 6.92 Å². The highest BCUT2D eigenvalue weighted by molar-refractivity contribution is 5.37. The Morgan fingerprint density at radius 2 is 1.89 bits per heavy atom. The molecule has 18 heavy (non-hydrogen) atoms. The van der Waals surface area contributed by atoms with Crippen molar-refractivity contribution in [3.05, 3.63) is 29.3 Å². The van der Waals surface area contributed by atoms with Crippen molar-refractivity contribution in [2.45, 2.75) is 51.7 Å². The average Bonchev–Trinajstić information content (AvgIpc) is 2.38. The molecule has 0 spiro atoms. The van der Waals surface area contributed by atoms with Gasteiger partial charge in [-0.15, -0.1) is 0 Å². The standard InChI is InChI=1S/C15H24O3/c1-5-15(17,6-2)14(16)10-12-9-11(3)7-8-13(12)18-4/h7-9,14,16-17H,5-6,10H2,1-4H3. The van der Waals surface area contributed by atoms with E-state index in [1.807, 2.05) is 39.0 Å². The Labute approximate surface area is 109 Å². The summed E-state index contributed by atoms with van der Waals surface area (Å²) in [6, 6.07) is 5.86. The van der Waals surface area contributed by atoms with E-state index in [1.165, 1.54) is 0 Å². The van der Waals surface area contributed by atoms with E-state index < -0.39 is 11.7 Å². The molecule has 0 saturated heterocycles. The Bertz CT molecular complexity index is 383. The molecule has 102 valence electrons. The lowest BCUT2D eigenvalue weighted by atomic mass is 9.86. The van der Waals surface area contributed by atoms with Crippen molar-refractivity contribution < 1.29 is 14.9 Å². The molecule has 3 nitrogen and oxygen atoms in total. The minimum Gasteiger partial charge on any atom is -0.496 e. The van der Waals surface area contributed by atoms with Gasteiger partial charge >= 0.3 is 0 Å². The number of hydrogen-bond acceptors (Lipinski definition) is 3. The lowest BCUT2D eigenvalue weighted by Crippen LogP contribution is -2.42. The van der Waals surface area contributed by atoms with Crippen LogP contribution in [0.4, 0.5) is 0 Å². The predicted molar refractivity (Wildman–Crippen MR) is 73.0 cm³/mol. The molecule has 0 fully saturated rings. The zero-order valence-electron chi connectivity index (χ0n) is 11.7. The van der Waals surface area contributed by atoms with E-state index in [-0.39, 0.29) is 0 Å². The Morgan fingerprint density at radius 3 is 2.39 bits per heavy atom. The number of methoxy groups -OCH3 is 1. The third-order valence-corrected chi connectivity index (χ3v) is 3.69.